The van der Waals surface area contributed by atoms with Gasteiger partial charge in [0.15, 0.2) is 0 Å². The summed E-state index contributed by atoms with van der Waals surface area (Å²) >= 11 is 0. The van der Waals surface area contributed by atoms with E-state index in [9.17, 15) is 19.2 Å². The normalized spacial score (nSPS) is 34.7. The second-order valence-corrected chi connectivity index (χ2v) is 6.97. The summed E-state index contributed by atoms with van der Waals surface area (Å²) in [5.74, 6) is -7.48. The number of aliphatic carboxylic acids is 2. The Bertz CT molecular complexity index is 498. The number of hydrogen-bond acceptors (Lipinski definition) is 5. The lowest BCUT2D eigenvalue weighted by Crippen LogP contribution is -2.20. The van der Waals surface area contributed by atoms with Crippen LogP contribution in [0.2, 0.25) is 0 Å². The number of esters is 2. The van der Waals surface area contributed by atoms with Gasteiger partial charge in [0.1, 0.15) is 0 Å². The van der Waals surface area contributed by atoms with Gasteiger partial charge < -0.3 is 14.9 Å². The molecule has 0 spiro atoms. The van der Waals surface area contributed by atoms with E-state index in [4.69, 9.17) is 14.9 Å². The van der Waals surface area contributed by atoms with Gasteiger partial charge in [-0.3, -0.25) is 19.2 Å². The fourth-order valence-corrected chi connectivity index (χ4v) is 3.30. The van der Waals surface area contributed by atoms with Crippen molar-refractivity contribution in [2.75, 3.05) is 0 Å². The van der Waals surface area contributed by atoms with E-state index in [-0.39, 0.29) is 0 Å². The highest BCUT2D eigenvalue weighted by molar-refractivity contribution is 5.97. The topological polar surface area (TPSA) is 118 Å². The van der Waals surface area contributed by atoms with Crippen LogP contribution in [0.3, 0.4) is 0 Å². The Morgan fingerprint density at radius 1 is 0.714 bits per heavy atom. The number of carboxylic acids is 2. The lowest BCUT2D eigenvalue weighted by atomic mass is 10.1. The highest BCUT2D eigenvalue weighted by Crippen LogP contribution is 2.61. The molecular weight excluding hydrogens is 280 g/mol. The first-order valence-corrected chi connectivity index (χ1v) is 6.65. The molecule has 7 nitrogen and oxygen atoms in total. The molecule has 0 aliphatic heterocycles. The number of hydrogen-bond donors (Lipinski definition) is 2. The second kappa shape index (κ2) is 4.29. The minimum Gasteiger partial charge on any atom is -0.481 e. The molecule has 21 heavy (non-hydrogen) atoms. The highest BCUT2D eigenvalue weighted by Gasteiger charge is 2.70. The fraction of sp³-hybridized carbons (Fsp3) is 0.714. The molecule has 0 heterocycles. The van der Waals surface area contributed by atoms with Crippen molar-refractivity contribution in [3.05, 3.63) is 0 Å². The molecule has 0 amide bonds. The van der Waals surface area contributed by atoms with Gasteiger partial charge in [-0.2, -0.15) is 0 Å². The Morgan fingerprint density at radius 2 is 1.00 bits per heavy atom. The summed E-state index contributed by atoms with van der Waals surface area (Å²) in [5, 5.41) is 18.0. The molecule has 2 fully saturated rings. The third kappa shape index (κ3) is 2.20. The van der Waals surface area contributed by atoms with Crippen molar-refractivity contribution < 1.29 is 34.1 Å². The third-order valence-electron chi connectivity index (χ3n) is 4.90. The zero-order valence-corrected chi connectivity index (χ0v) is 12.2. The summed E-state index contributed by atoms with van der Waals surface area (Å²) in [6.45, 7) is 6.46. The molecule has 4 unspecified atom stereocenters. The van der Waals surface area contributed by atoms with E-state index < -0.39 is 58.4 Å². The van der Waals surface area contributed by atoms with Crippen LogP contribution in [0.1, 0.15) is 27.7 Å². The van der Waals surface area contributed by atoms with Crippen LogP contribution in [0.4, 0.5) is 0 Å². The van der Waals surface area contributed by atoms with Gasteiger partial charge in [-0.1, -0.05) is 27.7 Å². The molecule has 2 N–H and O–H groups in total. The first-order chi connectivity index (χ1) is 9.44. The maximum atomic E-state index is 11.9. The number of rotatable bonds is 4. The summed E-state index contributed by atoms with van der Waals surface area (Å²) in [5.41, 5.74) is -1.51. The van der Waals surface area contributed by atoms with Gasteiger partial charge in [0, 0.05) is 0 Å². The summed E-state index contributed by atoms with van der Waals surface area (Å²) in [4.78, 5) is 45.8. The molecule has 2 aliphatic rings. The van der Waals surface area contributed by atoms with Crippen LogP contribution < -0.4 is 0 Å². The van der Waals surface area contributed by atoms with Gasteiger partial charge in [-0.25, -0.2) is 0 Å². The lowest BCUT2D eigenvalue weighted by Gasteiger charge is -2.04. The van der Waals surface area contributed by atoms with Crippen molar-refractivity contribution in [2.45, 2.75) is 27.7 Å². The third-order valence-corrected chi connectivity index (χ3v) is 4.90. The molecule has 0 bridgehead atoms. The molecule has 7 heteroatoms. The van der Waals surface area contributed by atoms with E-state index >= 15 is 0 Å². The van der Waals surface area contributed by atoms with Crippen LogP contribution in [-0.2, 0) is 23.9 Å². The molecule has 0 radical (unpaired) electrons. The molecule has 116 valence electrons. The Morgan fingerprint density at radius 3 is 1.19 bits per heavy atom. The number of carbonyl (C=O) groups is 4. The van der Waals surface area contributed by atoms with Crippen LogP contribution in [-0.4, -0.2) is 34.1 Å². The lowest BCUT2D eigenvalue weighted by molar-refractivity contribution is -0.164. The van der Waals surface area contributed by atoms with Gasteiger partial charge in [0.25, 0.3) is 0 Å². The van der Waals surface area contributed by atoms with Crippen molar-refractivity contribution in [2.24, 2.45) is 34.5 Å². The van der Waals surface area contributed by atoms with Gasteiger partial charge in [-0.05, 0) is 10.8 Å². The molecule has 2 rings (SSSR count). The Hall–Kier alpha value is -1.92. The summed E-state index contributed by atoms with van der Waals surface area (Å²) in [7, 11) is 0. The average Bonchev–Trinajstić information content (AvgIpc) is 3.07. The van der Waals surface area contributed by atoms with Gasteiger partial charge in [0.2, 0.25) is 0 Å². The van der Waals surface area contributed by atoms with Crippen LogP contribution in [0.5, 0.6) is 0 Å². The molecule has 0 aromatic heterocycles. The van der Waals surface area contributed by atoms with E-state index in [0.717, 1.165) is 0 Å². The smallest absolute Gasteiger partial charge is 0.318 e. The van der Waals surface area contributed by atoms with Crippen LogP contribution in [0.15, 0.2) is 0 Å². The minimum absolute atomic E-state index is 0.755. The molecule has 4 atom stereocenters. The summed E-state index contributed by atoms with van der Waals surface area (Å²) in [6.07, 6.45) is 0. The van der Waals surface area contributed by atoms with Crippen LogP contribution in [0.25, 0.3) is 0 Å². The summed E-state index contributed by atoms with van der Waals surface area (Å²) < 4.78 is 4.73. The largest absolute Gasteiger partial charge is 0.481 e. The molecule has 2 saturated carbocycles. The van der Waals surface area contributed by atoms with Crippen molar-refractivity contribution in [1.29, 1.82) is 0 Å². The van der Waals surface area contributed by atoms with E-state index in [0.29, 0.717) is 0 Å². The SMILES string of the molecule is CC1(C)C(C(=O)O)C1C(=O)OC(=O)C1C(C(=O)O)C1(C)C. The van der Waals surface area contributed by atoms with Gasteiger partial charge in [-0.15, -0.1) is 0 Å². The number of ether oxygens (including phenoxy) is 1. The average molecular weight is 298 g/mol. The van der Waals surface area contributed by atoms with Crippen molar-refractivity contribution in [1.82, 2.24) is 0 Å². The van der Waals surface area contributed by atoms with E-state index in [2.05, 4.69) is 0 Å². The van der Waals surface area contributed by atoms with Crippen molar-refractivity contribution >= 4 is 23.9 Å². The first kappa shape index (κ1) is 15.5. The number of carbonyl (C=O) groups excluding carboxylic acids is 2. The monoisotopic (exact) mass is 298 g/mol. The van der Waals surface area contributed by atoms with Crippen molar-refractivity contribution in [3.8, 4) is 0 Å². The maximum Gasteiger partial charge on any atom is 0.318 e. The van der Waals surface area contributed by atoms with Crippen LogP contribution in [0, 0.1) is 34.5 Å². The van der Waals surface area contributed by atoms with E-state index in [1.54, 1.807) is 27.7 Å². The minimum atomic E-state index is -1.11. The fourth-order valence-electron chi connectivity index (χ4n) is 3.30. The van der Waals surface area contributed by atoms with E-state index in [1.807, 2.05) is 0 Å². The predicted octanol–water partition coefficient (Wildman–Crippen LogP) is 0.770. The summed E-state index contributed by atoms with van der Waals surface area (Å²) in [6, 6.07) is 0. The molecule has 0 saturated heterocycles. The Kier molecular flexibility index (Phi) is 3.16. The quantitative estimate of drug-likeness (QED) is 0.581. The zero-order valence-electron chi connectivity index (χ0n) is 12.2. The number of carboxylic acid groups (broad SMARTS) is 2. The van der Waals surface area contributed by atoms with E-state index in [1.165, 1.54) is 0 Å². The first-order valence-electron chi connectivity index (χ1n) is 6.65. The molecule has 2 aliphatic carbocycles. The zero-order chi connectivity index (χ0) is 16.3. The predicted molar refractivity (Wildman–Crippen MR) is 67.9 cm³/mol. The van der Waals surface area contributed by atoms with Gasteiger partial charge >= 0.3 is 23.9 Å². The second-order valence-electron chi connectivity index (χ2n) is 6.97. The molecule has 0 aromatic carbocycles. The molecule has 0 aromatic rings. The van der Waals surface area contributed by atoms with Crippen molar-refractivity contribution in [3.63, 3.8) is 0 Å². The van der Waals surface area contributed by atoms with Gasteiger partial charge in [0.05, 0.1) is 23.7 Å². The Labute approximate surface area is 121 Å². The standard InChI is InChI=1S/C14H18O7/c1-13(2)5(9(15)16)7(13)11(19)21-12(20)8-6(10(17)18)14(8,3)4/h5-8H,1-4H3,(H,15,16)(H,17,18). The maximum absolute atomic E-state index is 11.9. The Balaban J connectivity index is 2.01. The highest BCUT2D eigenvalue weighted by atomic mass is 16.6. The van der Waals surface area contributed by atoms with Crippen LogP contribution >= 0.6 is 0 Å². The molecular formula is C14H18O7.